The maximum atomic E-state index is 13.2. The minimum atomic E-state index is -0.943. The van der Waals surface area contributed by atoms with E-state index in [1.165, 1.54) is 4.90 Å². The highest BCUT2D eigenvalue weighted by Gasteiger charge is 2.32. The van der Waals surface area contributed by atoms with Crippen molar-refractivity contribution in [3.8, 4) is 17.6 Å². The van der Waals surface area contributed by atoms with Crippen molar-refractivity contribution in [1.82, 2.24) is 20.5 Å². The van der Waals surface area contributed by atoms with E-state index in [0.717, 1.165) is 18.4 Å². The number of aliphatic hydroxyl groups is 1. The first kappa shape index (κ1) is 23.6. The number of anilines is 1. The fraction of sp³-hybridized carbons (Fsp3) is 0.333. The number of benzene rings is 2. The van der Waals surface area contributed by atoms with Gasteiger partial charge in [0.1, 0.15) is 29.8 Å². The molecule has 1 aromatic heterocycles. The maximum Gasteiger partial charge on any atom is 0.291 e. The lowest BCUT2D eigenvalue weighted by atomic mass is 10.0. The maximum absolute atomic E-state index is 13.2. The number of ether oxygens (including phenoxy) is 1. The second-order valence-corrected chi connectivity index (χ2v) is 9.17. The molecule has 0 saturated heterocycles. The van der Waals surface area contributed by atoms with Gasteiger partial charge in [-0.3, -0.25) is 14.7 Å². The summed E-state index contributed by atoms with van der Waals surface area (Å²) in [5.41, 5.74) is 1.31. The van der Waals surface area contributed by atoms with Crippen molar-refractivity contribution >= 4 is 17.5 Å². The van der Waals surface area contributed by atoms with Crippen LogP contribution in [0.1, 0.15) is 53.3 Å². The molecule has 1 saturated carbocycles. The summed E-state index contributed by atoms with van der Waals surface area (Å²) in [5, 5.41) is 20.0. The van der Waals surface area contributed by atoms with Gasteiger partial charge in [0, 0.05) is 19.0 Å². The van der Waals surface area contributed by atoms with E-state index < -0.39 is 17.6 Å². The van der Waals surface area contributed by atoms with E-state index in [1.807, 2.05) is 30.3 Å². The van der Waals surface area contributed by atoms with Gasteiger partial charge in [-0.2, -0.15) is 0 Å². The molecular formula is C27H27N5O4. The van der Waals surface area contributed by atoms with Crippen LogP contribution in [0.3, 0.4) is 0 Å². The van der Waals surface area contributed by atoms with Gasteiger partial charge in [0.25, 0.3) is 11.8 Å². The van der Waals surface area contributed by atoms with E-state index in [0.29, 0.717) is 42.1 Å². The smallest absolute Gasteiger partial charge is 0.291 e. The summed E-state index contributed by atoms with van der Waals surface area (Å²) in [6.07, 6.45) is 3.79. The second-order valence-electron chi connectivity index (χ2n) is 9.17. The predicted octanol–water partition coefficient (Wildman–Crippen LogP) is 2.21. The van der Waals surface area contributed by atoms with Crippen LogP contribution in [0.5, 0.6) is 5.75 Å². The van der Waals surface area contributed by atoms with E-state index in [1.54, 1.807) is 25.2 Å². The van der Waals surface area contributed by atoms with Crippen molar-refractivity contribution < 1.29 is 19.4 Å². The molecule has 9 heteroatoms. The molecule has 3 N–H and O–H groups in total. The molecule has 1 aliphatic heterocycles. The van der Waals surface area contributed by atoms with Gasteiger partial charge >= 0.3 is 0 Å². The number of aromatic amines is 1. The molecule has 36 heavy (non-hydrogen) atoms. The van der Waals surface area contributed by atoms with Crippen LogP contribution in [-0.2, 0) is 11.2 Å². The molecule has 3 aromatic rings. The number of likely N-dealkylation sites (N-methyl/N-ethyl adjacent to an activating group) is 1. The van der Waals surface area contributed by atoms with Gasteiger partial charge in [0.2, 0.25) is 5.82 Å². The standard InChI is InChI=1S/C27H27N5O4/c1-32-21-15-19(11-14-27(35)12-5-6-13-27)9-10-22(21)36-17-20(26(32)34)28-25(33)24-29-23(30-31-24)16-18-7-3-2-4-8-18/h2-4,7-10,15,20,35H,5-6,12-13,16-17H2,1H3,(H,28,33)(H,29,30,31). The third-order valence-electron chi connectivity index (χ3n) is 6.48. The van der Waals surface area contributed by atoms with E-state index in [-0.39, 0.29) is 18.3 Å². The summed E-state index contributed by atoms with van der Waals surface area (Å²) in [5.74, 6) is 6.14. The van der Waals surface area contributed by atoms with Gasteiger partial charge in [0.05, 0.1) is 5.69 Å². The molecule has 2 amide bonds. The Morgan fingerprint density at radius 2 is 2.03 bits per heavy atom. The number of carbonyl (C=O) groups is 2. The minimum absolute atomic E-state index is 0.0337. The average molecular weight is 486 g/mol. The van der Waals surface area contributed by atoms with E-state index in [2.05, 4.69) is 32.3 Å². The van der Waals surface area contributed by atoms with Crippen LogP contribution in [0, 0.1) is 11.8 Å². The molecule has 2 aromatic carbocycles. The molecule has 184 valence electrons. The summed E-state index contributed by atoms with van der Waals surface area (Å²) < 4.78 is 5.85. The molecule has 5 rings (SSSR count). The highest BCUT2D eigenvalue weighted by atomic mass is 16.5. The Hall–Kier alpha value is -4.16. The number of hydrogen-bond acceptors (Lipinski definition) is 6. The SMILES string of the molecule is CN1C(=O)C(NC(=O)c2n[nH]c(Cc3ccccc3)n2)COc2ccc(C#CC3(O)CCCC3)cc21. The summed E-state index contributed by atoms with van der Waals surface area (Å²) >= 11 is 0. The molecular weight excluding hydrogens is 458 g/mol. The topological polar surface area (TPSA) is 120 Å². The molecule has 0 spiro atoms. The van der Waals surface area contributed by atoms with Gasteiger partial charge in [0.15, 0.2) is 0 Å². The zero-order valence-corrected chi connectivity index (χ0v) is 20.0. The summed E-state index contributed by atoms with van der Waals surface area (Å²) in [6, 6.07) is 14.1. The lowest BCUT2D eigenvalue weighted by Crippen LogP contribution is -2.49. The summed E-state index contributed by atoms with van der Waals surface area (Å²) in [6.45, 7) is -0.0337. The third kappa shape index (κ3) is 5.09. The summed E-state index contributed by atoms with van der Waals surface area (Å²) in [7, 11) is 1.63. The first-order valence-electron chi connectivity index (χ1n) is 12.0. The summed E-state index contributed by atoms with van der Waals surface area (Å²) in [4.78, 5) is 31.7. The Morgan fingerprint density at radius 1 is 1.25 bits per heavy atom. The number of carbonyl (C=O) groups excluding carboxylic acids is 2. The number of hydrogen-bond donors (Lipinski definition) is 3. The number of rotatable bonds is 4. The van der Waals surface area contributed by atoms with E-state index in [9.17, 15) is 14.7 Å². The van der Waals surface area contributed by atoms with E-state index >= 15 is 0 Å². The Kier molecular flexibility index (Phi) is 6.44. The largest absolute Gasteiger partial charge is 0.489 e. The van der Waals surface area contributed by atoms with Crippen molar-refractivity contribution in [1.29, 1.82) is 0 Å². The number of nitrogens with zero attached hydrogens (tertiary/aromatic N) is 3. The van der Waals surface area contributed by atoms with Crippen molar-refractivity contribution in [3.63, 3.8) is 0 Å². The van der Waals surface area contributed by atoms with Gasteiger partial charge in [-0.25, -0.2) is 4.98 Å². The van der Waals surface area contributed by atoms with Gasteiger partial charge in [-0.05, 0) is 49.4 Å². The highest BCUT2D eigenvalue weighted by molar-refractivity contribution is 6.02. The van der Waals surface area contributed by atoms with Crippen LogP contribution in [-0.4, -0.2) is 57.4 Å². The first-order chi connectivity index (χ1) is 17.4. The molecule has 1 aliphatic carbocycles. The highest BCUT2D eigenvalue weighted by Crippen LogP contribution is 2.32. The number of amides is 2. The van der Waals surface area contributed by atoms with Crippen LogP contribution in [0.2, 0.25) is 0 Å². The lowest BCUT2D eigenvalue weighted by Gasteiger charge is -2.20. The Bertz CT molecular complexity index is 1330. The lowest BCUT2D eigenvalue weighted by molar-refractivity contribution is -0.120. The Balaban J connectivity index is 1.27. The number of nitrogens with one attached hydrogen (secondary N) is 2. The molecule has 1 unspecified atom stereocenters. The normalized spacial score (nSPS) is 18.4. The second kappa shape index (κ2) is 9.84. The minimum Gasteiger partial charge on any atom is -0.489 e. The van der Waals surface area contributed by atoms with Crippen LogP contribution < -0.4 is 15.0 Å². The quantitative estimate of drug-likeness (QED) is 0.488. The molecule has 1 atom stereocenters. The first-order valence-corrected chi connectivity index (χ1v) is 12.0. The molecule has 1 fully saturated rings. The van der Waals surface area contributed by atoms with Crippen molar-refractivity contribution in [3.05, 3.63) is 71.3 Å². The molecule has 0 bridgehead atoms. The average Bonchev–Trinajstić information content (AvgIpc) is 3.52. The number of H-pyrrole nitrogens is 1. The van der Waals surface area contributed by atoms with Crippen LogP contribution in [0.4, 0.5) is 5.69 Å². The van der Waals surface area contributed by atoms with Gasteiger partial charge in [-0.1, -0.05) is 42.2 Å². The third-order valence-corrected chi connectivity index (χ3v) is 6.48. The van der Waals surface area contributed by atoms with Gasteiger partial charge in [-0.15, -0.1) is 5.10 Å². The van der Waals surface area contributed by atoms with E-state index in [4.69, 9.17) is 4.74 Å². The van der Waals surface area contributed by atoms with Crippen LogP contribution in [0.25, 0.3) is 0 Å². The van der Waals surface area contributed by atoms with Gasteiger partial charge < -0.3 is 20.1 Å². The number of fused-ring (bicyclic) bond motifs is 1. The fourth-order valence-electron chi connectivity index (χ4n) is 4.44. The monoisotopic (exact) mass is 485 g/mol. The van der Waals surface area contributed by atoms with Crippen molar-refractivity contribution in [2.45, 2.75) is 43.7 Å². The molecule has 9 nitrogen and oxygen atoms in total. The van der Waals surface area contributed by atoms with Crippen molar-refractivity contribution in [2.24, 2.45) is 0 Å². The fourth-order valence-corrected chi connectivity index (χ4v) is 4.44. The molecule has 2 heterocycles. The Morgan fingerprint density at radius 3 is 2.81 bits per heavy atom. The van der Waals surface area contributed by atoms with Crippen molar-refractivity contribution in [2.75, 3.05) is 18.6 Å². The van der Waals surface area contributed by atoms with Crippen LogP contribution in [0.15, 0.2) is 48.5 Å². The predicted molar refractivity (Wildman–Crippen MR) is 133 cm³/mol. The zero-order chi connectivity index (χ0) is 25.1. The number of aromatic nitrogens is 3. The molecule has 0 radical (unpaired) electrons. The Labute approximate surface area is 208 Å². The molecule has 2 aliphatic rings. The zero-order valence-electron chi connectivity index (χ0n) is 20.0. The van der Waals surface area contributed by atoms with Crippen LogP contribution >= 0.6 is 0 Å².